The Hall–Kier alpha value is -0.820. The molecule has 0 aliphatic heterocycles. The molecular weight excluding hydrogens is 206 g/mol. The molecule has 3 rings (SSSR count). The van der Waals surface area contributed by atoms with Gasteiger partial charge in [0.2, 0.25) is 0 Å². The molecule has 1 aromatic rings. The van der Waals surface area contributed by atoms with Crippen LogP contribution < -0.4 is 5.32 Å². The summed E-state index contributed by atoms with van der Waals surface area (Å²) in [7, 11) is 2.12. The summed E-state index contributed by atoms with van der Waals surface area (Å²) in [6.07, 6.45) is 5.56. The lowest BCUT2D eigenvalue weighted by molar-refractivity contribution is 0.359. The van der Waals surface area contributed by atoms with Gasteiger partial charge in [-0.15, -0.1) is 0 Å². The van der Waals surface area contributed by atoms with E-state index in [1.807, 2.05) is 0 Å². The summed E-state index contributed by atoms with van der Waals surface area (Å²) in [6.45, 7) is 2.23. The van der Waals surface area contributed by atoms with Gasteiger partial charge >= 0.3 is 0 Å². The Bertz CT molecular complexity index is 388. The molecule has 2 aliphatic rings. The van der Waals surface area contributed by atoms with E-state index < -0.39 is 0 Å². The number of benzene rings is 1. The summed E-state index contributed by atoms with van der Waals surface area (Å²) in [5.41, 5.74) is 2.96. The number of hydrogen-bond donors (Lipinski definition) is 1. The first-order valence-electron chi connectivity index (χ1n) is 7.08. The topological polar surface area (TPSA) is 12.0 Å². The lowest BCUT2D eigenvalue weighted by Crippen LogP contribution is -2.24. The van der Waals surface area contributed by atoms with Crippen LogP contribution in [0.15, 0.2) is 24.3 Å². The maximum absolute atomic E-state index is 3.55. The van der Waals surface area contributed by atoms with Crippen LogP contribution >= 0.6 is 0 Å². The molecule has 0 bridgehead atoms. The van der Waals surface area contributed by atoms with Crippen molar-refractivity contribution in [3.63, 3.8) is 0 Å². The van der Waals surface area contributed by atoms with Gasteiger partial charge in [0.25, 0.3) is 0 Å². The molecule has 0 radical (unpaired) electrons. The minimum atomic E-state index is 0.578. The highest BCUT2D eigenvalue weighted by Gasteiger charge is 2.47. The monoisotopic (exact) mass is 229 g/mol. The van der Waals surface area contributed by atoms with Crippen molar-refractivity contribution >= 4 is 0 Å². The predicted molar refractivity (Wildman–Crippen MR) is 71.9 cm³/mol. The van der Waals surface area contributed by atoms with Crippen molar-refractivity contribution in [1.29, 1.82) is 0 Å². The van der Waals surface area contributed by atoms with Crippen molar-refractivity contribution in [2.45, 2.75) is 38.6 Å². The number of fused-ring (bicyclic) bond motifs is 1. The third-order valence-electron chi connectivity index (χ3n) is 4.78. The van der Waals surface area contributed by atoms with Crippen LogP contribution in [0.4, 0.5) is 0 Å². The highest BCUT2D eigenvalue weighted by molar-refractivity contribution is 5.27. The lowest BCUT2D eigenvalue weighted by Gasteiger charge is -2.25. The van der Waals surface area contributed by atoms with Crippen LogP contribution in [-0.2, 0) is 6.42 Å². The maximum Gasteiger partial charge on any atom is 0.0346 e. The second-order valence-corrected chi connectivity index (χ2v) is 5.85. The Morgan fingerprint density at radius 1 is 1.24 bits per heavy atom. The second kappa shape index (κ2) is 4.45. The third-order valence-corrected chi connectivity index (χ3v) is 4.78. The van der Waals surface area contributed by atoms with Crippen molar-refractivity contribution in [2.75, 3.05) is 7.05 Å². The molecule has 1 N–H and O–H groups in total. The standard InChI is InChI=1S/C16H23N/c1-3-11-5-4-6-12(7-11)16(17-2)15-9-13-8-14(13)10-15/h4-7,13-17H,3,8-10H2,1-2H3. The summed E-state index contributed by atoms with van der Waals surface area (Å²) in [4.78, 5) is 0. The summed E-state index contributed by atoms with van der Waals surface area (Å²) in [5.74, 6) is 3.02. The van der Waals surface area contributed by atoms with Crippen LogP contribution in [-0.4, -0.2) is 7.05 Å². The van der Waals surface area contributed by atoms with E-state index in [1.54, 1.807) is 0 Å². The number of nitrogens with one attached hydrogen (secondary N) is 1. The largest absolute Gasteiger partial charge is 0.313 e. The molecule has 1 heteroatoms. The fraction of sp³-hybridized carbons (Fsp3) is 0.625. The molecule has 0 saturated heterocycles. The predicted octanol–water partition coefficient (Wildman–Crippen LogP) is 3.56. The molecule has 0 aromatic heterocycles. The second-order valence-electron chi connectivity index (χ2n) is 5.85. The van der Waals surface area contributed by atoms with Gasteiger partial charge in [-0.25, -0.2) is 0 Å². The zero-order chi connectivity index (χ0) is 11.8. The van der Waals surface area contributed by atoms with Gasteiger partial charge in [-0.2, -0.15) is 0 Å². The highest BCUT2D eigenvalue weighted by Crippen LogP contribution is 2.57. The molecule has 17 heavy (non-hydrogen) atoms. The minimum absolute atomic E-state index is 0.578. The Morgan fingerprint density at radius 2 is 2.00 bits per heavy atom. The van der Waals surface area contributed by atoms with Crippen LogP contribution in [0.2, 0.25) is 0 Å². The zero-order valence-electron chi connectivity index (χ0n) is 10.9. The first-order valence-corrected chi connectivity index (χ1v) is 7.08. The van der Waals surface area contributed by atoms with E-state index in [0.29, 0.717) is 6.04 Å². The highest BCUT2D eigenvalue weighted by atomic mass is 14.9. The van der Waals surface area contributed by atoms with E-state index in [4.69, 9.17) is 0 Å². The Kier molecular flexibility index (Phi) is 2.96. The first-order chi connectivity index (χ1) is 8.31. The summed E-state index contributed by atoms with van der Waals surface area (Å²) in [5, 5.41) is 3.55. The molecule has 0 heterocycles. The molecule has 1 nitrogen and oxygen atoms in total. The van der Waals surface area contributed by atoms with Crippen molar-refractivity contribution < 1.29 is 0 Å². The summed E-state index contributed by atoms with van der Waals surface area (Å²) < 4.78 is 0. The molecule has 2 saturated carbocycles. The van der Waals surface area contributed by atoms with Gasteiger partial charge in [-0.3, -0.25) is 0 Å². The molecule has 2 aliphatic carbocycles. The van der Waals surface area contributed by atoms with Gasteiger partial charge in [0.15, 0.2) is 0 Å². The van der Waals surface area contributed by atoms with Crippen molar-refractivity contribution in [3.05, 3.63) is 35.4 Å². The Morgan fingerprint density at radius 3 is 2.65 bits per heavy atom. The van der Waals surface area contributed by atoms with Crippen molar-refractivity contribution in [2.24, 2.45) is 17.8 Å². The van der Waals surface area contributed by atoms with Crippen LogP contribution in [0, 0.1) is 17.8 Å². The summed E-state index contributed by atoms with van der Waals surface area (Å²) in [6, 6.07) is 9.72. The molecule has 0 amide bonds. The normalized spacial score (nSPS) is 32.2. The zero-order valence-corrected chi connectivity index (χ0v) is 10.9. The molecular formula is C16H23N. The van der Waals surface area contributed by atoms with Gasteiger partial charge in [-0.05, 0) is 61.6 Å². The van der Waals surface area contributed by atoms with E-state index in [0.717, 1.165) is 24.2 Å². The fourth-order valence-corrected chi connectivity index (χ4v) is 3.71. The number of hydrogen-bond acceptors (Lipinski definition) is 1. The van der Waals surface area contributed by atoms with Crippen molar-refractivity contribution in [3.8, 4) is 0 Å². The minimum Gasteiger partial charge on any atom is -0.313 e. The lowest BCUT2D eigenvalue weighted by atomic mass is 9.88. The van der Waals surface area contributed by atoms with E-state index >= 15 is 0 Å². The molecule has 3 atom stereocenters. The fourth-order valence-electron chi connectivity index (χ4n) is 3.71. The van der Waals surface area contributed by atoms with Gasteiger partial charge in [-0.1, -0.05) is 31.2 Å². The van der Waals surface area contributed by atoms with Gasteiger partial charge in [0, 0.05) is 6.04 Å². The van der Waals surface area contributed by atoms with E-state index in [1.165, 1.54) is 30.4 Å². The maximum atomic E-state index is 3.55. The average Bonchev–Trinajstić information content (AvgIpc) is 2.98. The van der Waals surface area contributed by atoms with Gasteiger partial charge in [0.05, 0.1) is 0 Å². The Labute approximate surface area is 105 Å². The molecule has 3 unspecified atom stereocenters. The van der Waals surface area contributed by atoms with E-state index in [2.05, 4.69) is 43.6 Å². The SMILES string of the molecule is CCc1cccc(C(NC)C2CC3CC3C2)c1. The molecule has 2 fully saturated rings. The van der Waals surface area contributed by atoms with Crippen LogP contribution in [0.1, 0.15) is 43.4 Å². The first kappa shape index (κ1) is 11.3. The van der Waals surface area contributed by atoms with Gasteiger partial charge in [0.1, 0.15) is 0 Å². The van der Waals surface area contributed by atoms with Crippen LogP contribution in [0.3, 0.4) is 0 Å². The van der Waals surface area contributed by atoms with Gasteiger partial charge < -0.3 is 5.32 Å². The number of rotatable bonds is 4. The van der Waals surface area contributed by atoms with Crippen molar-refractivity contribution in [1.82, 2.24) is 5.32 Å². The van der Waals surface area contributed by atoms with E-state index in [-0.39, 0.29) is 0 Å². The van der Waals surface area contributed by atoms with Crippen LogP contribution in [0.5, 0.6) is 0 Å². The molecule has 92 valence electrons. The summed E-state index contributed by atoms with van der Waals surface area (Å²) >= 11 is 0. The third kappa shape index (κ3) is 2.13. The van der Waals surface area contributed by atoms with Crippen LogP contribution in [0.25, 0.3) is 0 Å². The molecule has 1 aromatic carbocycles. The quantitative estimate of drug-likeness (QED) is 0.832. The smallest absolute Gasteiger partial charge is 0.0346 e. The van der Waals surface area contributed by atoms with E-state index in [9.17, 15) is 0 Å². The number of aryl methyl sites for hydroxylation is 1. The molecule has 0 spiro atoms. The Balaban J connectivity index is 1.78. The average molecular weight is 229 g/mol.